The summed E-state index contributed by atoms with van der Waals surface area (Å²) in [5, 5.41) is 13.5. The number of hydrogen-bond acceptors (Lipinski definition) is 4. The highest BCUT2D eigenvalue weighted by atomic mass is 15.2. The highest BCUT2D eigenvalue weighted by molar-refractivity contribution is 5.76. The molecule has 13 heavy (non-hydrogen) atoms. The van der Waals surface area contributed by atoms with Crippen molar-refractivity contribution in [3.63, 3.8) is 0 Å². The predicted octanol–water partition coefficient (Wildman–Crippen LogP) is -0.356. The number of nitrogens with zero attached hydrogens (tertiary/aromatic N) is 1. The molecule has 74 valence electrons. The summed E-state index contributed by atoms with van der Waals surface area (Å²) < 4.78 is 0. The van der Waals surface area contributed by atoms with Crippen LogP contribution in [-0.2, 0) is 0 Å². The lowest BCUT2D eigenvalue weighted by molar-refractivity contribution is 0.262. The van der Waals surface area contributed by atoms with Crippen LogP contribution in [0, 0.1) is 5.41 Å². The lowest BCUT2D eigenvalue weighted by Gasteiger charge is -2.27. The molecule has 1 rings (SSSR count). The molecule has 1 aliphatic heterocycles. The minimum absolute atomic E-state index is 0.881. The van der Waals surface area contributed by atoms with Crippen LogP contribution in [0.1, 0.15) is 0 Å². The normalized spacial score (nSPS) is 19.9. The van der Waals surface area contributed by atoms with Gasteiger partial charge in [-0.25, -0.2) is 0 Å². The van der Waals surface area contributed by atoms with E-state index in [2.05, 4.69) is 15.5 Å². The van der Waals surface area contributed by atoms with Crippen LogP contribution in [-0.4, -0.2) is 50.9 Å². The molecule has 1 heterocycles. The number of hydrogen-bond donors (Lipinski definition) is 3. The zero-order valence-corrected chi connectivity index (χ0v) is 8.14. The second-order valence-electron chi connectivity index (χ2n) is 3.18. The van der Waals surface area contributed by atoms with E-state index < -0.39 is 0 Å². The van der Waals surface area contributed by atoms with Crippen LogP contribution in [0.2, 0.25) is 0 Å². The summed E-state index contributed by atoms with van der Waals surface area (Å²) in [5.41, 5.74) is 1.03. The molecule has 0 atom stereocenters. The third-order valence-corrected chi connectivity index (χ3v) is 2.13. The van der Waals surface area contributed by atoms with Crippen molar-refractivity contribution in [3.05, 3.63) is 11.8 Å². The first-order valence-electron chi connectivity index (χ1n) is 4.66. The van der Waals surface area contributed by atoms with Crippen molar-refractivity contribution in [3.8, 4) is 0 Å². The maximum absolute atomic E-state index is 7.21. The maximum atomic E-state index is 7.21. The summed E-state index contributed by atoms with van der Waals surface area (Å²) >= 11 is 0. The fraction of sp³-hybridized carbons (Fsp3) is 0.667. The van der Waals surface area contributed by atoms with Crippen molar-refractivity contribution in [1.82, 2.24) is 15.5 Å². The van der Waals surface area contributed by atoms with Crippen molar-refractivity contribution < 1.29 is 0 Å². The van der Waals surface area contributed by atoms with Gasteiger partial charge in [-0.3, -0.25) is 4.90 Å². The molecule has 0 spiro atoms. The molecule has 4 nitrogen and oxygen atoms in total. The van der Waals surface area contributed by atoms with Crippen LogP contribution >= 0.6 is 0 Å². The summed E-state index contributed by atoms with van der Waals surface area (Å²) in [6, 6.07) is 0. The third kappa shape index (κ3) is 3.57. The van der Waals surface area contributed by atoms with Crippen molar-refractivity contribution in [1.29, 1.82) is 5.41 Å². The van der Waals surface area contributed by atoms with Gasteiger partial charge in [-0.05, 0) is 5.57 Å². The Morgan fingerprint density at radius 2 is 2.23 bits per heavy atom. The summed E-state index contributed by atoms with van der Waals surface area (Å²) in [7, 11) is 1.86. The van der Waals surface area contributed by atoms with Gasteiger partial charge in [-0.2, -0.15) is 0 Å². The van der Waals surface area contributed by atoms with Gasteiger partial charge in [0.05, 0.1) is 0 Å². The van der Waals surface area contributed by atoms with Gasteiger partial charge in [0.2, 0.25) is 0 Å². The Kier molecular flexibility index (Phi) is 4.49. The number of piperazine rings is 1. The first-order chi connectivity index (χ1) is 6.36. The molecule has 0 aromatic rings. The zero-order chi connectivity index (χ0) is 9.52. The van der Waals surface area contributed by atoms with Gasteiger partial charge in [-0.15, -0.1) is 0 Å². The summed E-state index contributed by atoms with van der Waals surface area (Å²) in [5.74, 6) is 0. The lowest BCUT2D eigenvalue weighted by atomic mass is 10.2. The van der Waals surface area contributed by atoms with Crippen molar-refractivity contribution >= 4 is 6.21 Å². The second kappa shape index (κ2) is 5.72. The predicted molar refractivity (Wildman–Crippen MR) is 55.2 cm³/mol. The fourth-order valence-electron chi connectivity index (χ4n) is 1.45. The van der Waals surface area contributed by atoms with Crippen LogP contribution in [0.15, 0.2) is 11.8 Å². The first-order valence-corrected chi connectivity index (χ1v) is 4.66. The average molecular weight is 182 g/mol. The Morgan fingerprint density at radius 1 is 1.54 bits per heavy atom. The smallest absolute Gasteiger partial charge is 0.0264 e. The van der Waals surface area contributed by atoms with E-state index in [0.29, 0.717) is 0 Å². The molecule has 1 aliphatic rings. The van der Waals surface area contributed by atoms with Gasteiger partial charge in [0.1, 0.15) is 0 Å². The lowest BCUT2D eigenvalue weighted by Crippen LogP contribution is -2.44. The average Bonchev–Trinajstić information content (AvgIpc) is 2.19. The topological polar surface area (TPSA) is 51.2 Å². The van der Waals surface area contributed by atoms with E-state index >= 15 is 0 Å². The molecular formula is C9H18N4. The van der Waals surface area contributed by atoms with Gasteiger partial charge in [0, 0.05) is 52.2 Å². The highest BCUT2D eigenvalue weighted by Gasteiger charge is 2.09. The molecule has 1 saturated heterocycles. The monoisotopic (exact) mass is 182 g/mol. The van der Waals surface area contributed by atoms with E-state index in [1.165, 1.54) is 6.21 Å². The van der Waals surface area contributed by atoms with Crippen LogP contribution < -0.4 is 10.6 Å². The molecule has 3 N–H and O–H groups in total. The largest absolute Gasteiger partial charge is 0.394 e. The number of rotatable bonds is 4. The van der Waals surface area contributed by atoms with Gasteiger partial charge >= 0.3 is 0 Å². The molecule has 0 bridgehead atoms. The van der Waals surface area contributed by atoms with E-state index in [9.17, 15) is 0 Å². The van der Waals surface area contributed by atoms with E-state index in [0.717, 1.165) is 38.3 Å². The molecular weight excluding hydrogens is 164 g/mol. The number of nitrogens with one attached hydrogen (secondary N) is 3. The molecule has 4 heteroatoms. The highest BCUT2D eigenvalue weighted by Crippen LogP contribution is 1.97. The molecule has 0 radical (unpaired) electrons. The maximum Gasteiger partial charge on any atom is 0.0264 e. The standard InChI is InChI=1S/C9H18N4/c1-11-7-9(6-10)8-13-4-2-12-3-5-13/h6-7,10-12H,2-5,8H2,1H3/b9-7+,10-6?. The van der Waals surface area contributed by atoms with Crippen LogP contribution in [0.4, 0.5) is 0 Å². The first kappa shape index (κ1) is 10.2. The fourth-order valence-corrected chi connectivity index (χ4v) is 1.45. The molecule has 0 aromatic heterocycles. The molecule has 0 aromatic carbocycles. The van der Waals surface area contributed by atoms with Gasteiger partial charge in [-0.1, -0.05) is 0 Å². The SMILES string of the molecule is CN/C=C(\C=N)CN1CCNCC1. The second-order valence-corrected chi connectivity index (χ2v) is 3.18. The van der Waals surface area contributed by atoms with Gasteiger partial charge in [0.25, 0.3) is 0 Å². The summed E-state index contributed by atoms with van der Waals surface area (Å²) in [6.07, 6.45) is 3.30. The minimum atomic E-state index is 0.881. The van der Waals surface area contributed by atoms with Gasteiger partial charge in [0.15, 0.2) is 0 Å². The Morgan fingerprint density at radius 3 is 2.77 bits per heavy atom. The Labute approximate surface area is 79.5 Å². The molecule has 0 amide bonds. The van der Waals surface area contributed by atoms with Crippen LogP contribution in [0.5, 0.6) is 0 Å². The molecule has 0 saturated carbocycles. The minimum Gasteiger partial charge on any atom is -0.394 e. The Hall–Kier alpha value is -0.870. The van der Waals surface area contributed by atoms with Crippen LogP contribution in [0.3, 0.4) is 0 Å². The van der Waals surface area contributed by atoms with E-state index in [4.69, 9.17) is 5.41 Å². The summed E-state index contributed by atoms with van der Waals surface area (Å²) in [4.78, 5) is 2.35. The van der Waals surface area contributed by atoms with Gasteiger partial charge < -0.3 is 16.0 Å². The van der Waals surface area contributed by atoms with Crippen molar-refractivity contribution in [2.75, 3.05) is 39.8 Å². The van der Waals surface area contributed by atoms with Crippen LogP contribution in [0.25, 0.3) is 0 Å². The van der Waals surface area contributed by atoms with Crippen molar-refractivity contribution in [2.24, 2.45) is 0 Å². The van der Waals surface area contributed by atoms with Crippen molar-refractivity contribution in [2.45, 2.75) is 0 Å². The third-order valence-electron chi connectivity index (χ3n) is 2.13. The quantitative estimate of drug-likeness (QED) is 0.521. The zero-order valence-electron chi connectivity index (χ0n) is 8.14. The van der Waals surface area contributed by atoms with E-state index in [1.54, 1.807) is 0 Å². The summed E-state index contributed by atoms with van der Waals surface area (Å²) in [6.45, 7) is 5.16. The Balaban J connectivity index is 2.35. The van der Waals surface area contributed by atoms with E-state index in [1.807, 2.05) is 13.2 Å². The Bertz CT molecular complexity index is 182. The molecule has 0 unspecified atom stereocenters. The molecule has 0 aliphatic carbocycles. The molecule has 1 fully saturated rings. The van der Waals surface area contributed by atoms with E-state index in [-0.39, 0.29) is 0 Å².